The maximum absolute atomic E-state index is 13.2. The van der Waals surface area contributed by atoms with Gasteiger partial charge in [0.1, 0.15) is 12.4 Å². The molecule has 180 valence electrons. The number of para-hydroxylation sites is 1. The molecular formula is C32H30N2O2. The predicted molar refractivity (Wildman–Crippen MR) is 145 cm³/mol. The molecule has 5 aromatic rings. The summed E-state index contributed by atoms with van der Waals surface area (Å²) in [5.41, 5.74) is 5.56. The van der Waals surface area contributed by atoms with Gasteiger partial charge in [-0.2, -0.15) is 0 Å². The van der Waals surface area contributed by atoms with E-state index >= 15 is 0 Å². The van der Waals surface area contributed by atoms with Crippen LogP contribution in [0, 0.1) is 0 Å². The zero-order valence-electron chi connectivity index (χ0n) is 20.4. The van der Waals surface area contributed by atoms with Gasteiger partial charge < -0.3 is 14.6 Å². The monoisotopic (exact) mass is 474 g/mol. The third-order valence-electron chi connectivity index (χ3n) is 6.53. The molecule has 0 saturated heterocycles. The first-order valence-corrected chi connectivity index (χ1v) is 12.3. The van der Waals surface area contributed by atoms with E-state index in [2.05, 4.69) is 65.6 Å². The minimum absolute atomic E-state index is 0.0207. The molecule has 0 aliphatic carbocycles. The van der Waals surface area contributed by atoms with Crippen molar-refractivity contribution in [3.63, 3.8) is 0 Å². The normalized spacial score (nSPS) is 11.8. The number of amides is 1. The highest BCUT2D eigenvalue weighted by Gasteiger charge is 2.23. The third-order valence-corrected chi connectivity index (χ3v) is 6.53. The maximum atomic E-state index is 13.2. The Bertz CT molecular complexity index is 1440. The van der Waals surface area contributed by atoms with Gasteiger partial charge in [0, 0.05) is 43.0 Å². The molecule has 4 heteroatoms. The van der Waals surface area contributed by atoms with E-state index in [4.69, 9.17) is 4.74 Å². The van der Waals surface area contributed by atoms with Crippen LogP contribution in [0.3, 0.4) is 0 Å². The Morgan fingerprint density at radius 3 is 2.31 bits per heavy atom. The van der Waals surface area contributed by atoms with E-state index in [1.165, 1.54) is 0 Å². The molecule has 0 aliphatic rings. The Hall–Kier alpha value is -4.31. The van der Waals surface area contributed by atoms with E-state index < -0.39 is 0 Å². The number of carbonyl (C=O) groups is 1. The van der Waals surface area contributed by atoms with Crippen LogP contribution in [0.5, 0.6) is 5.75 Å². The first kappa shape index (κ1) is 23.4. The van der Waals surface area contributed by atoms with Crippen LogP contribution >= 0.6 is 0 Å². The summed E-state index contributed by atoms with van der Waals surface area (Å²) in [6.45, 7) is 1.02. The number of aryl methyl sites for hydroxylation is 1. The molecule has 0 spiro atoms. The van der Waals surface area contributed by atoms with E-state index in [-0.39, 0.29) is 11.8 Å². The Morgan fingerprint density at radius 2 is 1.53 bits per heavy atom. The summed E-state index contributed by atoms with van der Waals surface area (Å²) in [7, 11) is 2.05. The molecular weight excluding hydrogens is 444 g/mol. The highest BCUT2D eigenvalue weighted by Crippen LogP contribution is 2.35. The average Bonchev–Trinajstić information content (AvgIpc) is 3.27. The number of ether oxygens (including phenoxy) is 1. The number of rotatable bonds is 9. The van der Waals surface area contributed by atoms with Crippen molar-refractivity contribution in [2.75, 3.05) is 0 Å². The fourth-order valence-corrected chi connectivity index (χ4v) is 4.67. The van der Waals surface area contributed by atoms with Crippen molar-refractivity contribution in [1.82, 2.24) is 9.88 Å². The SMILES string of the molecule is Cn1cc([C@@H](CC(=O)NCc2ccccc2)c2cccc(OCc3ccccc3)c2)c2ccccc21. The lowest BCUT2D eigenvalue weighted by atomic mass is 9.88. The predicted octanol–water partition coefficient (Wildman–Crippen LogP) is 6.60. The van der Waals surface area contributed by atoms with Crippen molar-refractivity contribution in [1.29, 1.82) is 0 Å². The number of fused-ring (bicyclic) bond motifs is 1. The average molecular weight is 475 g/mol. The summed E-state index contributed by atoms with van der Waals surface area (Å²) < 4.78 is 8.25. The zero-order valence-corrected chi connectivity index (χ0v) is 20.4. The molecule has 5 rings (SSSR count). The smallest absolute Gasteiger partial charge is 0.221 e. The second-order valence-electron chi connectivity index (χ2n) is 9.08. The van der Waals surface area contributed by atoms with E-state index in [9.17, 15) is 4.79 Å². The first-order chi connectivity index (χ1) is 17.7. The summed E-state index contributed by atoms with van der Waals surface area (Å²) in [4.78, 5) is 13.2. The van der Waals surface area contributed by atoms with Crippen molar-refractivity contribution >= 4 is 16.8 Å². The van der Waals surface area contributed by atoms with E-state index in [0.29, 0.717) is 19.6 Å². The maximum Gasteiger partial charge on any atom is 0.221 e. The van der Waals surface area contributed by atoms with Crippen molar-refractivity contribution in [2.24, 2.45) is 7.05 Å². The lowest BCUT2D eigenvalue weighted by Gasteiger charge is -2.18. The summed E-state index contributed by atoms with van der Waals surface area (Å²) in [6.07, 6.45) is 2.50. The Labute approximate surface area is 212 Å². The molecule has 0 fully saturated rings. The van der Waals surface area contributed by atoms with E-state index in [1.54, 1.807) is 0 Å². The number of hydrogen-bond acceptors (Lipinski definition) is 2. The number of carbonyl (C=O) groups excluding carboxylic acids is 1. The fraction of sp³-hybridized carbons (Fsp3) is 0.156. The lowest BCUT2D eigenvalue weighted by Crippen LogP contribution is -2.25. The summed E-state index contributed by atoms with van der Waals surface area (Å²) in [6, 6.07) is 36.6. The first-order valence-electron chi connectivity index (χ1n) is 12.3. The molecule has 0 radical (unpaired) electrons. The highest BCUT2D eigenvalue weighted by molar-refractivity contribution is 5.86. The van der Waals surface area contributed by atoms with Gasteiger partial charge in [0.25, 0.3) is 0 Å². The Balaban J connectivity index is 1.42. The molecule has 0 aliphatic heterocycles. The van der Waals surface area contributed by atoms with Gasteiger partial charge in [-0.25, -0.2) is 0 Å². The number of hydrogen-bond donors (Lipinski definition) is 1. The number of nitrogens with one attached hydrogen (secondary N) is 1. The third kappa shape index (κ3) is 5.49. The molecule has 1 heterocycles. The minimum atomic E-state index is -0.104. The van der Waals surface area contributed by atoms with Gasteiger partial charge in [-0.1, -0.05) is 91.0 Å². The van der Waals surface area contributed by atoms with Crippen molar-refractivity contribution < 1.29 is 9.53 Å². The minimum Gasteiger partial charge on any atom is -0.489 e. The second-order valence-corrected chi connectivity index (χ2v) is 9.08. The highest BCUT2D eigenvalue weighted by atomic mass is 16.5. The molecule has 4 nitrogen and oxygen atoms in total. The van der Waals surface area contributed by atoms with Gasteiger partial charge in [-0.05, 0) is 40.5 Å². The topological polar surface area (TPSA) is 43.3 Å². The van der Waals surface area contributed by atoms with Gasteiger partial charge in [-0.15, -0.1) is 0 Å². The lowest BCUT2D eigenvalue weighted by molar-refractivity contribution is -0.121. The summed E-state index contributed by atoms with van der Waals surface area (Å²) in [5, 5.41) is 4.27. The Morgan fingerprint density at radius 1 is 0.833 bits per heavy atom. The quantitative estimate of drug-likeness (QED) is 0.262. The molecule has 36 heavy (non-hydrogen) atoms. The largest absolute Gasteiger partial charge is 0.489 e. The molecule has 0 bridgehead atoms. The van der Waals surface area contributed by atoms with Crippen LogP contribution in [-0.2, 0) is 25.0 Å². The van der Waals surface area contributed by atoms with Crippen LogP contribution in [0.4, 0.5) is 0 Å². The van der Waals surface area contributed by atoms with Crippen LogP contribution in [-0.4, -0.2) is 10.5 Å². The van der Waals surface area contributed by atoms with Gasteiger partial charge in [0.05, 0.1) is 0 Å². The van der Waals surface area contributed by atoms with Crippen LogP contribution in [0.15, 0.2) is 115 Å². The van der Waals surface area contributed by atoms with Crippen LogP contribution in [0.2, 0.25) is 0 Å². The zero-order chi connectivity index (χ0) is 24.7. The van der Waals surface area contributed by atoms with E-state index in [0.717, 1.165) is 38.9 Å². The molecule has 0 unspecified atom stereocenters. The molecule has 0 saturated carbocycles. The molecule has 4 aromatic carbocycles. The van der Waals surface area contributed by atoms with Crippen LogP contribution in [0.25, 0.3) is 10.9 Å². The number of aromatic nitrogens is 1. The molecule has 1 atom stereocenters. The Kier molecular flexibility index (Phi) is 7.13. The van der Waals surface area contributed by atoms with Crippen molar-refractivity contribution in [3.8, 4) is 5.75 Å². The molecule has 1 amide bonds. The van der Waals surface area contributed by atoms with Gasteiger partial charge in [0.15, 0.2) is 0 Å². The number of benzene rings is 4. The summed E-state index contributed by atoms with van der Waals surface area (Å²) >= 11 is 0. The van der Waals surface area contributed by atoms with E-state index in [1.807, 2.05) is 66.7 Å². The number of nitrogens with zero attached hydrogens (tertiary/aromatic N) is 1. The van der Waals surface area contributed by atoms with Crippen molar-refractivity contribution in [2.45, 2.75) is 25.5 Å². The fourth-order valence-electron chi connectivity index (χ4n) is 4.67. The molecule has 1 aromatic heterocycles. The van der Waals surface area contributed by atoms with Gasteiger partial charge >= 0.3 is 0 Å². The van der Waals surface area contributed by atoms with Gasteiger partial charge in [-0.3, -0.25) is 4.79 Å². The van der Waals surface area contributed by atoms with Crippen LogP contribution < -0.4 is 10.1 Å². The molecule has 1 N–H and O–H groups in total. The summed E-state index contributed by atoms with van der Waals surface area (Å²) in [5.74, 6) is 0.714. The second kappa shape index (κ2) is 11.0. The van der Waals surface area contributed by atoms with Crippen LogP contribution in [0.1, 0.15) is 34.6 Å². The standard InChI is InChI=1S/C32H30N2O2/c1-34-22-30(28-17-8-9-18-31(28)34)29(20-32(35)33-21-24-11-4-2-5-12-24)26-15-10-16-27(19-26)36-23-25-13-6-3-7-14-25/h2-19,22,29H,20-21,23H2,1H3,(H,33,35)/t29-/m0/s1. The van der Waals surface area contributed by atoms with Gasteiger partial charge in [0.2, 0.25) is 5.91 Å². The van der Waals surface area contributed by atoms with Crippen molar-refractivity contribution in [3.05, 3.63) is 138 Å².